The average molecular weight is 269 g/mol. The van der Waals surface area contributed by atoms with Crippen LogP contribution in [0.25, 0.3) is 10.9 Å². The fraction of sp³-hybridized carbons (Fsp3) is 0.333. The highest BCUT2D eigenvalue weighted by atomic mass is 15.3. The lowest BCUT2D eigenvalue weighted by Crippen LogP contribution is -2.12. The molecule has 0 fully saturated rings. The van der Waals surface area contributed by atoms with E-state index in [1.54, 1.807) is 0 Å². The van der Waals surface area contributed by atoms with Gasteiger partial charge in [0.25, 0.3) is 0 Å². The summed E-state index contributed by atoms with van der Waals surface area (Å²) in [7, 11) is 1.94. The van der Waals surface area contributed by atoms with Gasteiger partial charge in [0.2, 0.25) is 0 Å². The Morgan fingerprint density at radius 3 is 2.90 bits per heavy atom. The van der Waals surface area contributed by atoms with Gasteiger partial charge >= 0.3 is 0 Å². The third kappa shape index (κ3) is 2.10. The van der Waals surface area contributed by atoms with Crippen molar-refractivity contribution in [1.82, 2.24) is 19.6 Å². The summed E-state index contributed by atoms with van der Waals surface area (Å²) in [4.78, 5) is 0. The Bertz CT molecular complexity index is 725. The topological polar surface area (TPSA) is 61.7 Å². The highest BCUT2D eigenvalue weighted by Crippen LogP contribution is 2.25. The van der Waals surface area contributed by atoms with E-state index in [4.69, 9.17) is 5.73 Å². The maximum absolute atomic E-state index is 6.38. The second kappa shape index (κ2) is 5.09. The van der Waals surface area contributed by atoms with E-state index in [-0.39, 0.29) is 6.04 Å². The molecular weight excluding hydrogens is 250 g/mol. The summed E-state index contributed by atoms with van der Waals surface area (Å²) >= 11 is 0. The quantitative estimate of drug-likeness (QED) is 0.790. The number of fused-ring (bicyclic) bond motifs is 1. The van der Waals surface area contributed by atoms with Crippen molar-refractivity contribution in [2.24, 2.45) is 12.8 Å². The van der Waals surface area contributed by atoms with Gasteiger partial charge in [-0.25, -0.2) is 0 Å². The van der Waals surface area contributed by atoms with Crippen LogP contribution in [0.5, 0.6) is 0 Å². The first-order valence-electron chi connectivity index (χ1n) is 6.90. The predicted octanol–water partition coefficient (Wildman–Crippen LogP) is 2.23. The van der Waals surface area contributed by atoms with E-state index in [0.717, 1.165) is 35.1 Å². The summed E-state index contributed by atoms with van der Waals surface area (Å²) in [5.74, 6) is 0. The molecule has 0 saturated heterocycles. The van der Waals surface area contributed by atoms with Gasteiger partial charge in [0, 0.05) is 30.7 Å². The molecule has 1 aromatic carbocycles. The molecule has 0 radical (unpaired) electrons. The fourth-order valence-corrected chi connectivity index (χ4v) is 2.52. The monoisotopic (exact) mass is 269 g/mol. The molecule has 104 valence electrons. The Labute approximate surface area is 118 Å². The number of nitrogens with zero attached hydrogens (tertiary/aromatic N) is 4. The van der Waals surface area contributed by atoms with Crippen molar-refractivity contribution in [1.29, 1.82) is 0 Å². The van der Waals surface area contributed by atoms with Gasteiger partial charge in [-0.1, -0.05) is 25.1 Å². The van der Waals surface area contributed by atoms with Crippen molar-refractivity contribution in [3.05, 3.63) is 47.9 Å². The average Bonchev–Trinajstić information content (AvgIpc) is 3.05. The standard InChI is InChI=1S/C15H19N5/c1-3-8-20-10-11(9-17-20)14(16)15-12-6-4-5-7-13(12)19(2)18-15/h4-7,9-10,14H,3,8,16H2,1-2H3. The van der Waals surface area contributed by atoms with Crippen LogP contribution < -0.4 is 5.73 Å². The van der Waals surface area contributed by atoms with Crippen molar-refractivity contribution < 1.29 is 0 Å². The van der Waals surface area contributed by atoms with E-state index in [2.05, 4.69) is 29.3 Å². The summed E-state index contributed by atoms with van der Waals surface area (Å²) < 4.78 is 3.81. The van der Waals surface area contributed by atoms with Crippen LogP contribution in [0.15, 0.2) is 36.7 Å². The molecule has 1 atom stereocenters. The maximum Gasteiger partial charge on any atom is 0.0916 e. The molecule has 0 aliphatic rings. The van der Waals surface area contributed by atoms with Crippen molar-refractivity contribution in [2.45, 2.75) is 25.9 Å². The van der Waals surface area contributed by atoms with Gasteiger partial charge in [-0.3, -0.25) is 9.36 Å². The largest absolute Gasteiger partial charge is 0.319 e. The third-order valence-electron chi connectivity index (χ3n) is 3.55. The van der Waals surface area contributed by atoms with Crippen LogP contribution >= 0.6 is 0 Å². The van der Waals surface area contributed by atoms with Crippen LogP contribution in [-0.4, -0.2) is 19.6 Å². The van der Waals surface area contributed by atoms with E-state index in [9.17, 15) is 0 Å². The molecule has 0 aliphatic carbocycles. The number of hydrogen-bond acceptors (Lipinski definition) is 3. The minimum Gasteiger partial charge on any atom is -0.319 e. The van der Waals surface area contributed by atoms with E-state index in [1.807, 2.05) is 40.9 Å². The Kier molecular flexibility index (Phi) is 3.28. The maximum atomic E-state index is 6.38. The minimum absolute atomic E-state index is 0.244. The molecule has 2 heterocycles. The molecule has 3 aromatic rings. The van der Waals surface area contributed by atoms with Crippen LogP contribution in [0.3, 0.4) is 0 Å². The lowest BCUT2D eigenvalue weighted by atomic mass is 10.1. The van der Waals surface area contributed by atoms with E-state index < -0.39 is 0 Å². The van der Waals surface area contributed by atoms with Crippen LogP contribution in [0, 0.1) is 0 Å². The van der Waals surface area contributed by atoms with Crippen molar-refractivity contribution in [3.63, 3.8) is 0 Å². The normalized spacial score (nSPS) is 12.9. The lowest BCUT2D eigenvalue weighted by molar-refractivity contribution is 0.601. The van der Waals surface area contributed by atoms with Crippen LogP contribution in [-0.2, 0) is 13.6 Å². The first-order valence-corrected chi connectivity index (χ1v) is 6.90. The molecule has 0 amide bonds. The van der Waals surface area contributed by atoms with Gasteiger partial charge < -0.3 is 5.73 Å². The highest BCUT2D eigenvalue weighted by molar-refractivity contribution is 5.82. The van der Waals surface area contributed by atoms with Gasteiger partial charge in [0.15, 0.2) is 0 Å². The summed E-state index contributed by atoms with van der Waals surface area (Å²) in [6.07, 6.45) is 4.91. The first kappa shape index (κ1) is 12.9. The first-order chi connectivity index (χ1) is 9.70. The minimum atomic E-state index is -0.244. The molecule has 0 bridgehead atoms. The zero-order valence-corrected chi connectivity index (χ0v) is 11.8. The summed E-state index contributed by atoms with van der Waals surface area (Å²) in [6.45, 7) is 3.04. The van der Waals surface area contributed by atoms with Crippen molar-refractivity contribution in [2.75, 3.05) is 0 Å². The van der Waals surface area contributed by atoms with Gasteiger partial charge in [-0.2, -0.15) is 10.2 Å². The summed E-state index contributed by atoms with van der Waals surface area (Å²) in [6, 6.07) is 7.90. The fourth-order valence-electron chi connectivity index (χ4n) is 2.52. The van der Waals surface area contributed by atoms with Gasteiger partial charge in [0.1, 0.15) is 0 Å². The Morgan fingerprint density at radius 2 is 2.10 bits per heavy atom. The molecule has 2 aromatic heterocycles. The van der Waals surface area contributed by atoms with Crippen LogP contribution in [0.1, 0.15) is 30.6 Å². The second-order valence-electron chi connectivity index (χ2n) is 5.04. The smallest absolute Gasteiger partial charge is 0.0916 e. The molecule has 2 N–H and O–H groups in total. The number of para-hydroxylation sites is 1. The second-order valence-corrected chi connectivity index (χ2v) is 5.04. The zero-order chi connectivity index (χ0) is 14.1. The Morgan fingerprint density at radius 1 is 1.30 bits per heavy atom. The van der Waals surface area contributed by atoms with Crippen molar-refractivity contribution >= 4 is 10.9 Å². The highest BCUT2D eigenvalue weighted by Gasteiger charge is 2.18. The lowest BCUT2D eigenvalue weighted by Gasteiger charge is -2.06. The van der Waals surface area contributed by atoms with Crippen molar-refractivity contribution in [3.8, 4) is 0 Å². The number of aromatic nitrogens is 4. The SMILES string of the molecule is CCCn1cc(C(N)c2nn(C)c3ccccc23)cn1. The van der Waals surface area contributed by atoms with Gasteiger partial charge in [0.05, 0.1) is 23.4 Å². The number of benzene rings is 1. The van der Waals surface area contributed by atoms with E-state index in [0.29, 0.717) is 0 Å². The molecule has 5 nitrogen and oxygen atoms in total. The molecule has 20 heavy (non-hydrogen) atoms. The summed E-state index contributed by atoms with van der Waals surface area (Å²) in [5.41, 5.74) is 9.38. The Hall–Kier alpha value is -2.14. The van der Waals surface area contributed by atoms with E-state index in [1.165, 1.54) is 0 Å². The molecule has 0 spiro atoms. The molecule has 5 heteroatoms. The number of rotatable bonds is 4. The number of hydrogen-bond donors (Lipinski definition) is 1. The molecule has 0 saturated carbocycles. The van der Waals surface area contributed by atoms with Gasteiger partial charge in [-0.15, -0.1) is 0 Å². The molecule has 3 rings (SSSR count). The predicted molar refractivity (Wildman–Crippen MR) is 79.3 cm³/mol. The van der Waals surface area contributed by atoms with E-state index >= 15 is 0 Å². The Balaban J connectivity index is 2.01. The molecular formula is C15H19N5. The van der Waals surface area contributed by atoms with Crippen LogP contribution in [0.4, 0.5) is 0 Å². The zero-order valence-electron chi connectivity index (χ0n) is 11.8. The summed E-state index contributed by atoms with van der Waals surface area (Å²) in [5, 5.41) is 10.0. The van der Waals surface area contributed by atoms with Gasteiger partial charge in [-0.05, 0) is 12.5 Å². The molecule has 0 aliphatic heterocycles. The number of nitrogens with two attached hydrogens (primary N) is 1. The molecule has 1 unspecified atom stereocenters. The number of aryl methyl sites for hydroxylation is 2. The van der Waals surface area contributed by atoms with Crippen LogP contribution in [0.2, 0.25) is 0 Å². The third-order valence-corrected chi connectivity index (χ3v) is 3.55.